The van der Waals surface area contributed by atoms with Crippen molar-refractivity contribution in [1.82, 2.24) is 10.6 Å². The fourth-order valence-electron chi connectivity index (χ4n) is 9.73. The number of esters is 1. The lowest BCUT2D eigenvalue weighted by Gasteiger charge is -2.58. The predicted octanol–water partition coefficient (Wildman–Crippen LogP) is 9.50. The van der Waals surface area contributed by atoms with E-state index in [1.807, 2.05) is 13.8 Å². The first-order chi connectivity index (χ1) is 22.8. The van der Waals surface area contributed by atoms with Crippen molar-refractivity contribution in [2.24, 2.45) is 46.3 Å². The van der Waals surface area contributed by atoms with Crippen molar-refractivity contribution in [3.8, 4) is 0 Å². The maximum absolute atomic E-state index is 12.6. The van der Waals surface area contributed by atoms with Gasteiger partial charge in [-0.05, 0) is 123 Å². The molecule has 0 saturated heterocycles. The Morgan fingerprint density at radius 2 is 1.60 bits per heavy atom. The van der Waals surface area contributed by atoms with Gasteiger partial charge in [-0.3, -0.25) is 14.4 Å². The number of allylic oxidation sites excluding steroid dienone is 1. The highest BCUT2D eigenvalue weighted by Gasteiger charge is 2.58. The molecule has 0 spiro atoms. The molecule has 2 amide bonds. The minimum absolute atomic E-state index is 0.0492. The van der Waals surface area contributed by atoms with Crippen molar-refractivity contribution in [3.05, 3.63) is 37.0 Å². The van der Waals surface area contributed by atoms with Crippen LogP contribution in [0, 0.1) is 46.3 Å². The normalized spacial score (nSPS) is 30.5. The number of hydrogen-bond acceptors (Lipinski definition) is 4. The zero-order valence-corrected chi connectivity index (χ0v) is 31.5. The van der Waals surface area contributed by atoms with Crippen LogP contribution in [0.15, 0.2) is 37.0 Å². The van der Waals surface area contributed by atoms with E-state index in [1.54, 1.807) is 5.57 Å². The quantitative estimate of drug-likeness (QED) is 0.0744. The number of carbonyl (C=O) groups is 3. The van der Waals surface area contributed by atoms with Gasteiger partial charge in [0.25, 0.3) is 0 Å². The second kappa shape index (κ2) is 19.1. The van der Waals surface area contributed by atoms with Crippen LogP contribution in [-0.4, -0.2) is 37.0 Å². The van der Waals surface area contributed by atoms with Gasteiger partial charge in [0.15, 0.2) is 0 Å². The van der Waals surface area contributed by atoms with Crippen molar-refractivity contribution >= 4 is 17.8 Å². The number of hydrogen-bond donors (Lipinski definition) is 2. The van der Waals surface area contributed by atoms with E-state index in [2.05, 4.69) is 57.6 Å². The average Bonchev–Trinajstić information content (AvgIpc) is 3.39. The van der Waals surface area contributed by atoms with E-state index in [9.17, 15) is 14.4 Å². The van der Waals surface area contributed by atoms with Crippen molar-refractivity contribution in [2.75, 3.05) is 13.1 Å². The van der Waals surface area contributed by atoms with Crippen LogP contribution in [0.3, 0.4) is 0 Å². The molecule has 0 aromatic carbocycles. The molecule has 272 valence electrons. The van der Waals surface area contributed by atoms with E-state index in [-0.39, 0.29) is 23.9 Å². The summed E-state index contributed by atoms with van der Waals surface area (Å²) in [5, 5.41) is 5.46. The minimum atomic E-state index is -0.135. The highest BCUT2D eigenvalue weighted by molar-refractivity contribution is 5.87. The van der Waals surface area contributed by atoms with Gasteiger partial charge in [0, 0.05) is 25.9 Å². The summed E-state index contributed by atoms with van der Waals surface area (Å²) >= 11 is 0. The molecule has 0 aromatic heterocycles. The number of carbonyl (C=O) groups excluding carboxylic acids is 3. The van der Waals surface area contributed by atoms with E-state index in [4.69, 9.17) is 4.74 Å². The average molecular weight is 667 g/mol. The van der Waals surface area contributed by atoms with Gasteiger partial charge in [0.1, 0.15) is 6.10 Å². The van der Waals surface area contributed by atoms with Crippen LogP contribution in [0.2, 0.25) is 0 Å². The highest BCUT2D eigenvalue weighted by Crippen LogP contribution is 2.66. The number of nitrogens with one attached hydrogen (secondary N) is 2. The second-order valence-electron chi connectivity index (χ2n) is 16.8. The SMILES string of the molecule is C=CC(=O)NCC(C)C.C=CC(=O)NCCCCCC(=O)OC1CC[C@]2(C)C(=CCC3C2CC[C@]2(C)C3CC[C@H]2CCCCC(C)C)C1. The summed E-state index contributed by atoms with van der Waals surface area (Å²) in [4.78, 5) is 34.3. The molecule has 7 atom stereocenters. The van der Waals surface area contributed by atoms with Crippen molar-refractivity contribution in [1.29, 1.82) is 0 Å². The Labute approximate surface area is 293 Å². The smallest absolute Gasteiger partial charge is 0.306 e. The van der Waals surface area contributed by atoms with Gasteiger partial charge in [0.2, 0.25) is 11.8 Å². The molecule has 0 aromatic rings. The highest BCUT2D eigenvalue weighted by atomic mass is 16.5. The molecule has 2 N–H and O–H groups in total. The first-order valence-electron chi connectivity index (χ1n) is 19.5. The van der Waals surface area contributed by atoms with Crippen molar-refractivity contribution in [3.63, 3.8) is 0 Å². The monoisotopic (exact) mass is 667 g/mol. The van der Waals surface area contributed by atoms with E-state index in [0.29, 0.717) is 29.7 Å². The molecule has 3 saturated carbocycles. The largest absolute Gasteiger partial charge is 0.462 e. The van der Waals surface area contributed by atoms with E-state index >= 15 is 0 Å². The second-order valence-corrected chi connectivity index (χ2v) is 16.8. The van der Waals surface area contributed by atoms with E-state index in [1.165, 1.54) is 76.4 Å². The Hall–Kier alpha value is -2.37. The van der Waals surface area contributed by atoms with E-state index < -0.39 is 0 Å². The molecule has 4 rings (SSSR count). The van der Waals surface area contributed by atoms with Gasteiger partial charge in [-0.1, -0.05) is 92.0 Å². The Balaban J connectivity index is 0.000000609. The Morgan fingerprint density at radius 1 is 0.875 bits per heavy atom. The number of unbranched alkanes of at least 4 members (excludes halogenated alkanes) is 3. The fraction of sp³-hybridized carbons (Fsp3) is 0.786. The lowest BCUT2D eigenvalue weighted by molar-refractivity contribution is -0.151. The van der Waals surface area contributed by atoms with Gasteiger partial charge in [-0.2, -0.15) is 0 Å². The number of rotatable bonds is 16. The zero-order valence-electron chi connectivity index (χ0n) is 31.5. The third-order valence-electron chi connectivity index (χ3n) is 12.5. The van der Waals surface area contributed by atoms with Gasteiger partial charge < -0.3 is 15.4 Å². The Bertz CT molecular complexity index is 1110. The Kier molecular flexibility index (Phi) is 16.0. The molecule has 4 aliphatic rings. The summed E-state index contributed by atoms with van der Waals surface area (Å²) < 4.78 is 5.98. The molecule has 48 heavy (non-hydrogen) atoms. The summed E-state index contributed by atoms with van der Waals surface area (Å²) in [6.07, 6.45) is 24.1. The molecule has 6 heteroatoms. The number of ether oxygens (including phenoxy) is 1. The summed E-state index contributed by atoms with van der Waals surface area (Å²) in [6, 6.07) is 0. The standard InChI is InChI=1S/C35H57NO3.C7H13NO/c1-6-32(37)36-23-11-7-8-14-33(38)39-28-19-21-35(5)27(24-28)15-17-29-30-18-16-26(13-10-9-12-25(2)3)34(30,4)22-20-31(29)35;1-4-7(9)8-5-6(2)3/h6,15,25-26,28-31H,1,7-14,16-24H2,2-5H3,(H,36,37);4,6H,1,5H2,2-3H3,(H,8,9)/t26-,28?,29?,30?,31?,34+,35-;/m1./s1. The van der Waals surface area contributed by atoms with Crippen LogP contribution in [0.25, 0.3) is 0 Å². The fourth-order valence-corrected chi connectivity index (χ4v) is 9.73. The number of amides is 2. The molecule has 4 aliphatic carbocycles. The molecular weight excluding hydrogens is 596 g/mol. The molecule has 0 radical (unpaired) electrons. The Morgan fingerprint density at radius 3 is 2.29 bits per heavy atom. The predicted molar refractivity (Wildman–Crippen MR) is 198 cm³/mol. The maximum Gasteiger partial charge on any atom is 0.306 e. The number of fused-ring (bicyclic) bond motifs is 5. The first kappa shape index (κ1) is 40.1. The molecule has 0 heterocycles. The summed E-state index contributed by atoms with van der Waals surface area (Å²) in [5.74, 6) is 4.58. The molecule has 6 nitrogen and oxygen atoms in total. The van der Waals surface area contributed by atoms with Crippen LogP contribution < -0.4 is 10.6 Å². The van der Waals surface area contributed by atoms with Gasteiger partial charge in [0.05, 0.1) is 0 Å². The zero-order chi connectivity index (χ0) is 35.3. The van der Waals surface area contributed by atoms with Crippen molar-refractivity contribution in [2.45, 2.75) is 150 Å². The third kappa shape index (κ3) is 11.1. The molecule has 0 aliphatic heterocycles. The van der Waals surface area contributed by atoms with Crippen LogP contribution in [-0.2, 0) is 19.1 Å². The summed E-state index contributed by atoms with van der Waals surface area (Å²) in [5.41, 5.74) is 2.46. The molecule has 4 unspecified atom stereocenters. The molecule has 3 fully saturated rings. The van der Waals surface area contributed by atoms with Gasteiger partial charge in [-0.15, -0.1) is 0 Å². The van der Waals surface area contributed by atoms with Crippen LogP contribution in [0.4, 0.5) is 0 Å². The molecular formula is C42H70N2O4. The summed E-state index contributed by atoms with van der Waals surface area (Å²) in [6.45, 7) is 22.2. The van der Waals surface area contributed by atoms with Gasteiger partial charge in [-0.25, -0.2) is 0 Å². The third-order valence-corrected chi connectivity index (χ3v) is 12.5. The van der Waals surface area contributed by atoms with Crippen molar-refractivity contribution < 1.29 is 19.1 Å². The minimum Gasteiger partial charge on any atom is -0.462 e. The van der Waals surface area contributed by atoms with E-state index in [0.717, 1.165) is 68.2 Å². The lowest BCUT2D eigenvalue weighted by Crippen LogP contribution is -2.50. The summed E-state index contributed by atoms with van der Waals surface area (Å²) in [7, 11) is 0. The molecule has 0 bridgehead atoms. The topological polar surface area (TPSA) is 84.5 Å². The maximum atomic E-state index is 12.6. The van der Waals surface area contributed by atoms with Crippen LogP contribution in [0.1, 0.15) is 144 Å². The van der Waals surface area contributed by atoms with Gasteiger partial charge >= 0.3 is 5.97 Å². The first-order valence-corrected chi connectivity index (χ1v) is 19.5. The lowest BCUT2D eigenvalue weighted by atomic mass is 9.47. The van der Waals surface area contributed by atoms with Crippen LogP contribution >= 0.6 is 0 Å². The van der Waals surface area contributed by atoms with Crippen LogP contribution in [0.5, 0.6) is 0 Å².